The second-order valence-electron chi connectivity index (χ2n) is 9.67. The Labute approximate surface area is 219 Å². The van der Waals surface area contributed by atoms with Gasteiger partial charge in [-0.25, -0.2) is 0 Å². The van der Waals surface area contributed by atoms with E-state index < -0.39 is 11.6 Å². The van der Waals surface area contributed by atoms with Gasteiger partial charge < -0.3 is 24.8 Å². The summed E-state index contributed by atoms with van der Waals surface area (Å²) >= 11 is 12.3. The third kappa shape index (κ3) is 6.79. The number of hydrogen-bond donors (Lipinski definition) is 2. The highest BCUT2D eigenvalue weighted by Crippen LogP contribution is 2.34. The van der Waals surface area contributed by atoms with E-state index in [1.54, 1.807) is 49.0 Å². The Morgan fingerprint density at radius 2 is 2.14 bits per heavy atom. The van der Waals surface area contributed by atoms with Gasteiger partial charge in [0.15, 0.2) is 5.82 Å². The molecule has 3 heterocycles. The first-order valence-electron chi connectivity index (χ1n) is 11.9. The third-order valence-corrected chi connectivity index (χ3v) is 6.73. The molecule has 11 heteroatoms. The van der Waals surface area contributed by atoms with Gasteiger partial charge in [0.2, 0.25) is 5.91 Å². The summed E-state index contributed by atoms with van der Waals surface area (Å²) in [5, 5.41) is 17.8. The molecule has 4 rings (SSSR count). The molecule has 0 spiro atoms. The van der Waals surface area contributed by atoms with Crippen LogP contribution in [0.1, 0.15) is 39.5 Å². The molecular weight excluding hydrogens is 507 g/mol. The second kappa shape index (κ2) is 11.2. The van der Waals surface area contributed by atoms with Gasteiger partial charge in [-0.2, -0.15) is 5.10 Å². The van der Waals surface area contributed by atoms with Crippen molar-refractivity contribution < 1.29 is 24.2 Å². The Balaban J connectivity index is 1.48. The smallest absolute Gasteiger partial charge is 0.251 e. The van der Waals surface area contributed by atoms with E-state index in [1.165, 1.54) is 11.0 Å². The number of nitrogens with zero attached hydrogens (tertiary/aromatic N) is 3. The van der Waals surface area contributed by atoms with Gasteiger partial charge in [-0.05, 0) is 45.2 Å². The molecule has 1 unspecified atom stereocenters. The lowest BCUT2D eigenvalue weighted by molar-refractivity contribution is -0.135. The average Bonchev–Trinajstić information content (AvgIpc) is 3.40. The van der Waals surface area contributed by atoms with Gasteiger partial charge in [0.1, 0.15) is 22.6 Å². The monoisotopic (exact) mass is 536 g/mol. The Morgan fingerprint density at radius 3 is 2.86 bits per heavy atom. The predicted molar refractivity (Wildman–Crippen MR) is 136 cm³/mol. The maximum Gasteiger partial charge on any atom is 0.251 e. The summed E-state index contributed by atoms with van der Waals surface area (Å²) in [7, 11) is 0. The Hall–Kier alpha value is -2.59. The van der Waals surface area contributed by atoms with Crippen LogP contribution in [-0.4, -0.2) is 62.5 Å². The Kier molecular flexibility index (Phi) is 8.24. The van der Waals surface area contributed by atoms with Crippen molar-refractivity contribution in [2.75, 3.05) is 18.5 Å². The molecule has 1 aromatic carbocycles. The van der Waals surface area contributed by atoms with E-state index in [0.717, 1.165) is 19.3 Å². The van der Waals surface area contributed by atoms with Crippen LogP contribution in [0.25, 0.3) is 0 Å². The molecule has 0 bridgehead atoms. The van der Waals surface area contributed by atoms with Crippen LogP contribution in [0.3, 0.4) is 0 Å². The van der Waals surface area contributed by atoms with E-state index in [4.69, 9.17) is 32.7 Å². The fraction of sp³-hybridized carbons (Fsp3) is 0.480. The van der Waals surface area contributed by atoms with Crippen LogP contribution in [0, 0.1) is 0 Å². The van der Waals surface area contributed by atoms with Crippen molar-refractivity contribution in [1.82, 2.24) is 14.7 Å². The number of hydrogen-bond acceptors (Lipinski definition) is 6. The molecule has 9 nitrogen and oxygen atoms in total. The zero-order chi connectivity index (χ0) is 25.9. The molecule has 36 heavy (non-hydrogen) atoms. The number of benzene rings is 1. The number of nitrogens with one attached hydrogen (secondary N) is 1. The SMILES string of the molecule is CC(C)(O)Cn1ccc(NC(=O)[C@H](CC2CCCCO2)N2CC(Oc3cccc(Cl)c3Cl)=CC2=O)n1. The van der Waals surface area contributed by atoms with Crippen molar-refractivity contribution in [3.05, 3.63) is 52.3 Å². The molecule has 1 aromatic heterocycles. The van der Waals surface area contributed by atoms with E-state index in [-0.39, 0.29) is 36.0 Å². The first kappa shape index (κ1) is 26.5. The highest BCUT2D eigenvalue weighted by molar-refractivity contribution is 6.42. The fourth-order valence-corrected chi connectivity index (χ4v) is 4.61. The number of halogens is 2. The van der Waals surface area contributed by atoms with Gasteiger partial charge in [0.05, 0.1) is 29.8 Å². The number of rotatable bonds is 9. The van der Waals surface area contributed by atoms with E-state index in [0.29, 0.717) is 35.4 Å². The number of anilines is 1. The number of carbonyl (C=O) groups excluding carboxylic acids is 2. The number of amides is 2. The Bertz CT molecular complexity index is 1140. The van der Waals surface area contributed by atoms with E-state index in [1.807, 2.05) is 0 Å². The topological polar surface area (TPSA) is 106 Å². The van der Waals surface area contributed by atoms with Crippen LogP contribution in [-0.2, 0) is 20.9 Å². The maximum absolute atomic E-state index is 13.4. The van der Waals surface area contributed by atoms with Gasteiger partial charge in [-0.15, -0.1) is 0 Å². The lowest BCUT2D eigenvalue weighted by atomic mass is 10.00. The molecule has 2 aliphatic heterocycles. The highest BCUT2D eigenvalue weighted by Gasteiger charge is 2.37. The number of carbonyl (C=O) groups is 2. The standard InChI is InChI=1S/C25H30Cl2N4O5/c1-25(2,34)15-30-10-9-21(29-30)28-24(33)19(12-16-6-3-4-11-35-16)31-14-17(13-22(31)32)36-20-8-5-7-18(26)23(20)27/h5,7-10,13,16,19,34H,3-4,6,11-12,14-15H2,1-2H3,(H,28,29,33)/t16?,19-/m0/s1. The van der Waals surface area contributed by atoms with Crippen molar-refractivity contribution in [2.45, 2.75) is 63.8 Å². The molecule has 194 valence electrons. The average molecular weight is 537 g/mol. The second-order valence-corrected chi connectivity index (χ2v) is 10.5. The molecule has 1 saturated heterocycles. The molecule has 2 atom stereocenters. The summed E-state index contributed by atoms with van der Waals surface area (Å²) in [6.45, 7) is 4.35. The van der Waals surface area contributed by atoms with Gasteiger partial charge in [0.25, 0.3) is 5.91 Å². The molecule has 2 aliphatic rings. The van der Waals surface area contributed by atoms with Gasteiger partial charge in [0, 0.05) is 31.4 Å². The molecule has 0 radical (unpaired) electrons. The van der Waals surface area contributed by atoms with Crippen LogP contribution in [0.5, 0.6) is 5.75 Å². The zero-order valence-corrected chi connectivity index (χ0v) is 21.8. The summed E-state index contributed by atoms with van der Waals surface area (Å²) in [6.07, 6.45) is 6.06. The summed E-state index contributed by atoms with van der Waals surface area (Å²) in [6, 6.07) is 5.85. The summed E-state index contributed by atoms with van der Waals surface area (Å²) in [4.78, 5) is 27.9. The molecule has 1 fully saturated rings. The van der Waals surface area contributed by atoms with Crippen molar-refractivity contribution in [1.29, 1.82) is 0 Å². The van der Waals surface area contributed by atoms with Crippen molar-refractivity contribution >= 4 is 40.8 Å². The van der Waals surface area contributed by atoms with Crippen LogP contribution in [0.2, 0.25) is 10.0 Å². The predicted octanol–water partition coefficient (Wildman–Crippen LogP) is 4.03. The summed E-state index contributed by atoms with van der Waals surface area (Å²) in [5.41, 5.74) is -0.954. The van der Waals surface area contributed by atoms with Gasteiger partial charge in [-0.1, -0.05) is 29.3 Å². The van der Waals surface area contributed by atoms with Crippen molar-refractivity contribution in [2.24, 2.45) is 0 Å². The fourth-order valence-electron chi connectivity index (χ4n) is 4.28. The highest BCUT2D eigenvalue weighted by atomic mass is 35.5. The minimum Gasteiger partial charge on any atom is -0.458 e. The normalized spacial score (nSPS) is 19.2. The lowest BCUT2D eigenvalue weighted by Crippen LogP contribution is -2.48. The number of ether oxygens (including phenoxy) is 2. The third-order valence-electron chi connectivity index (χ3n) is 5.93. The van der Waals surface area contributed by atoms with Crippen LogP contribution in [0.4, 0.5) is 5.82 Å². The van der Waals surface area contributed by atoms with Gasteiger partial charge in [-0.3, -0.25) is 14.3 Å². The van der Waals surface area contributed by atoms with E-state index in [2.05, 4.69) is 10.4 Å². The van der Waals surface area contributed by atoms with E-state index >= 15 is 0 Å². The number of aromatic nitrogens is 2. The van der Waals surface area contributed by atoms with Crippen LogP contribution in [0.15, 0.2) is 42.3 Å². The van der Waals surface area contributed by atoms with Crippen LogP contribution < -0.4 is 10.1 Å². The molecule has 2 aromatic rings. The molecule has 2 amide bonds. The maximum atomic E-state index is 13.4. The molecular formula is C25H30Cl2N4O5. The minimum atomic E-state index is -0.954. The quantitative estimate of drug-likeness (QED) is 0.501. The first-order chi connectivity index (χ1) is 17.1. The summed E-state index contributed by atoms with van der Waals surface area (Å²) < 4.78 is 13.3. The molecule has 0 aliphatic carbocycles. The lowest BCUT2D eigenvalue weighted by Gasteiger charge is -2.31. The Morgan fingerprint density at radius 1 is 1.33 bits per heavy atom. The summed E-state index contributed by atoms with van der Waals surface area (Å²) in [5.74, 6) is 0.314. The molecule has 2 N–H and O–H groups in total. The van der Waals surface area contributed by atoms with Crippen LogP contribution >= 0.6 is 23.2 Å². The molecule has 0 saturated carbocycles. The zero-order valence-electron chi connectivity index (χ0n) is 20.2. The first-order valence-corrected chi connectivity index (χ1v) is 12.7. The minimum absolute atomic E-state index is 0.0968. The largest absolute Gasteiger partial charge is 0.458 e. The van der Waals surface area contributed by atoms with Crippen molar-refractivity contribution in [3.63, 3.8) is 0 Å². The number of aliphatic hydroxyl groups is 1. The van der Waals surface area contributed by atoms with Crippen molar-refractivity contribution in [3.8, 4) is 5.75 Å². The van der Waals surface area contributed by atoms with E-state index in [9.17, 15) is 14.7 Å². The van der Waals surface area contributed by atoms with Gasteiger partial charge >= 0.3 is 0 Å².